The first-order chi connectivity index (χ1) is 9.24. The van der Waals surface area contributed by atoms with Gasteiger partial charge in [-0.05, 0) is 38.0 Å². The molecule has 0 aromatic carbocycles. The number of thioether (sulfide) groups is 1. The molecular weight excluding hydrogens is 254 g/mol. The lowest BCUT2D eigenvalue weighted by atomic mass is 10.2. The van der Waals surface area contributed by atoms with Crippen LogP contribution in [0, 0.1) is 0 Å². The predicted octanol–water partition coefficient (Wildman–Crippen LogP) is 3.62. The molecule has 1 aromatic rings. The third kappa shape index (κ3) is 3.99. The van der Waals surface area contributed by atoms with E-state index < -0.39 is 0 Å². The van der Waals surface area contributed by atoms with Gasteiger partial charge in [-0.1, -0.05) is 20.3 Å². The van der Waals surface area contributed by atoms with E-state index in [0.29, 0.717) is 12.1 Å². The van der Waals surface area contributed by atoms with Crippen molar-refractivity contribution in [2.24, 2.45) is 0 Å². The summed E-state index contributed by atoms with van der Waals surface area (Å²) >= 11 is 2.11. The Morgan fingerprint density at radius 3 is 3.05 bits per heavy atom. The molecule has 19 heavy (non-hydrogen) atoms. The maximum atomic E-state index is 4.66. The van der Waals surface area contributed by atoms with Crippen LogP contribution in [-0.2, 0) is 6.54 Å². The second-order valence-electron chi connectivity index (χ2n) is 5.46. The van der Waals surface area contributed by atoms with Crippen LogP contribution in [0.25, 0.3) is 0 Å². The van der Waals surface area contributed by atoms with E-state index in [2.05, 4.69) is 59.9 Å². The Balaban J connectivity index is 1.83. The summed E-state index contributed by atoms with van der Waals surface area (Å²) in [5.74, 6) is 1.23. The van der Waals surface area contributed by atoms with Gasteiger partial charge in [0, 0.05) is 30.1 Å². The van der Waals surface area contributed by atoms with Crippen LogP contribution in [0.5, 0.6) is 0 Å². The summed E-state index contributed by atoms with van der Waals surface area (Å²) in [7, 11) is 0. The SMILES string of the molecule is CCSC1CCCC1NCc1ccn(C(C)CC)n1. The van der Waals surface area contributed by atoms with Crippen molar-refractivity contribution in [2.75, 3.05) is 5.75 Å². The molecule has 0 amide bonds. The van der Waals surface area contributed by atoms with Gasteiger partial charge >= 0.3 is 0 Å². The van der Waals surface area contributed by atoms with Crippen molar-refractivity contribution < 1.29 is 0 Å². The van der Waals surface area contributed by atoms with Crippen molar-refractivity contribution in [1.82, 2.24) is 15.1 Å². The molecule has 1 aliphatic carbocycles. The molecule has 1 aliphatic rings. The molecule has 1 fully saturated rings. The van der Waals surface area contributed by atoms with Crippen LogP contribution in [-0.4, -0.2) is 26.8 Å². The van der Waals surface area contributed by atoms with Gasteiger partial charge in [0.25, 0.3) is 0 Å². The zero-order chi connectivity index (χ0) is 13.7. The minimum Gasteiger partial charge on any atom is -0.307 e. The lowest BCUT2D eigenvalue weighted by Crippen LogP contribution is -2.33. The Hall–Kier alpha value is -0.480. The number of aromatic nitrogens is 2. The Kier molecular flexibility index (Phi) is 5.76. The van der Waals surface area contributed by atoms with E-state index in [-0.39, 0.29) is 0 Å². The average Bonchev–Trinajstić information content (AvgIpc) is 3.05. The minimum atomic E-state index is 0.503. The largest absolute Gasteiger partial charge is 0.307 e. The highest BCUT2D eigenvalue weighted by Gasteiger charge is 2.26. The maximum Gasteiger partial charge on any atom is 0.0762 e. The van der Waals surface area contributed by atoms with E-state index in [4.69, 9.17) is 0 Å². The molecule has 0 saturated heterocycles. The van der Waals surface area contributed by atoms with Crippen molar-refractivity contribution in [2.45, 2.75) is 70.3 Å². The van der Waals surface area contributed by atoms with Gasteiger partial charge in [0.1, 0.15) is 0 Å². The molecule has 3 nitrogen and oxygen atoms in total. The quantitative estimate of drug-likeness (QED) is 0.828. The van der Waals surface area contributed by atoms with Crippen molar-refractivity contribution in [3.63, 3.8) is 0 Å². The first kappa shape index (κ1) is 14.9. The molecule has 1 N–H and O–H groups in total. The monoisotopic (exact) mass is 281 g/mol. The summed E-state index contributed by atoms with van der Waals surface area (Å²) in [5, 5.41) is 9.17. The molecule has 2 rings (SSSR count). The molecule has 4 heteroatoms. The molecule has 0 spiro atoms. The van der Waals surface area contributed by atoms with Gasteiger partial charge in [0.05, 0.1) is 5.69 Å². The number of rotatable bonds is 7. The second kappa shape index (κ2) is 7.34. The minimum absolute atomic E-state index is 0.503. The normalized spacial score (nSPS) is 24.8. The van der Waals surface area contributed by atoms with Crippen LogP contribution in [0.4, 0.5) is 0 Å². The van der Waals surface area contributed by atoms with Crippen LogP contribution in [0.1, 0.15) is 58.2 Å². The van der Waals surface area contributed by atoms with E-state index >= 15 is 0 Å². The van der Waals surface area contributed by atoms with Crippen LogP contribution in [0.15, 0.2) is 12.3 Å². The molecule has 3 atom stereocenters. The fourth-order valence-electron chi connectivity index (χ4n) is 2.71. The Morgan fingerprint density at radius 1 is 1.47 bits per heavy atom. The summed E-state index contributed by atoms with van der Waals surface area (Å²) in [5.41, 5.74) is 1.17. The van der Waals surface area contributed by atoms with E-state index in [0.717, 1.165) is 18.2 Å². The summed E-state index contributed by atoms with van der Waals surface area (Å²) < 4.78 is 2.09. The number of nitrogens with one attached hydrogen (secondary N) is 1. The Morgan fingerprint density at radius 2 is 2.32 bits per heavy atom. The topological polar surface area (TPSA) is 29.9 Å². The van der Waals surface area contributed by atoms with Crippen LogP contribution < -0.4 is 5.32 Å². The van der Waals surface area contributed by atoms with Gasteiger partial charge in [-0.2, -0.15) is 16.9 Å². The lowest BCUT2D eigenvalue weighted by Gasteiger charge is -2.19. The summed E-state index contributed by atoms with van der Waals surface area (Å²) in [6, 6.07) is 3.33. The molecular formula is C15H27N3S. The van der Waals surface area contributed by atoms with Crippen molar-refractivity contribution in [3.05, 3.63) is 18.0 Å². The maximum absolute atomic E-state index is 4.66. The second-order valence-corrected chi connectivity index (χ2v) is 6.97. The average molecular weight is 281 g/mol. The van der Waals surface area contributed by atoms with Crippen molar-refractivity contribution in [3.8, 4) is 0 Å². The highest BCUT2D eigenvalue weighted by molar-refractivity contribution is 7.99. The smallest absolute Gasteiger partial charge is 0.0762 e. The first-order valence-corrected chi connectivity index (χ1v) is 8.68. The molecule has 3 unspecified atom stereocenters. The van der Waals surface area contributed by atoms with E-state index in [9.17, 15) is 0 Å². The van der Waals surface area contributed by atoms with E-state index in [1.807, 2.05) is 0 Å². The summed E-state index contributed by atoms with van der Waals surface area (Å²) in [6.45, 7) is 7.59. The van der Waals surface area contributed by atoms with E-state index in [1.54, 1.807) is 0 Å². The molecule has 108 valence electrons. The molecule has 1 saturated carbocycles. The third-order valence-electron chi connectivity index (χ3n) is 4.08. The number of hydrogen-bond donors (Lipinski definition) is 1. The molecule has 1 aromatic heterocycles. The number of hydrogen-bond acceptors (Lipinski definition) is 3. The summed E-state index contributed by atoms with van der Waals surface area (Å²) in [6.07, 6.45) is 7.31. The predicted molar refractivity (Wildman–Crippen MR) is 83.6 cm³/mol. The standard InChI is InChI=1S/C15H27N3S/c1-4-12(3)18-10-9-13(17-18)11-16-14-7-6-8-15(14)19-5-2/h9-10,12,14-16H,4-8,11H2,1-3H3. The Bertz CT molecular complexity index is 377. The fourth-order valence-corrected chi connectivity index (χ4v) is 3.94. The van der Waals surface area contributed by atoms with Gasteiger partial charge in [-0.3, -0.25) is 4.68 Å². The zero-order valence-electron chi connectivity index (χ0n) is 12.4. The molecule has 0 radical (unpaired) electrons. The number of nitrogens with zero attached hydrogens (tertiary/aromatic N) is 2. The third-order valence-corrected chi connectivity index (χ3v) is 5.41. The van der Waals surface area contributed by atoms with Gasteiger partial charge < -0.3 is 5.32 Å². The van der Waals surface area contributed by atoms with Crippen molar-refractivity contribution >= 4 is 11.8 Å². The van der Waals surface area contributed by atoms with Gasteiger partial charge in [0.2, 0.25) is 0 Å². The molecule has 1 heterocycles. The van der Waals surface area contributed by atoms with Gasteiger partial charge in [-0.25, -0.2) is 0 Å². The molecule has 0 bridgehead atoms. The van der Waals surface area contributed by atoms with Crippen LogP contribution in [0.3, 0.4) is 0 Å². The summed E-state index contributed by atoms with van der Waals surface area (Å²) in [4.78, 5) is 0. The Labute approximate surface area is 121 Å². The molecule has 0 aliphatic heterocycles. The lowest BCUT2D eigenvalue weighted by molar-refractivity contribution is 0.465. The zero-order valence-corrected chi connectivity index (χ0v) is 13.2. The van der Waals surface area contributed by atoms with Crippen LogP contribution >= 0.6 is 11.8 Å². The highest BCUT2D eigenvalue weighted by atomic mass is 32.2. The van der Waals surface area contributed by atoms with E-state index in [1.165, 1.54) is 30.7 Å². The van der Waals surface area contributed by atoms with Gasteiger partial charge in [0.15, 0.2) is 0 Å². The van der Waals surface area contributed by atoms with Gasteiger partial charge in [-0.15, -0.1) is 0 Å². The highest BCUT2D eigenvalue weighted by Crippen LogP contribution is 2.30. The fraction of sp³-hybridized carbons (Fsp3) is 0.800. The van der Waals surface area contributed by atoms with Crippen LogP contribution in [0.2, 0.25) is 0 Å². The van der Waals surface area contributed by atoms with Crippen molar-refractivity contribution in [1.29, 1.82) is 0 Å². The first-order valence-electron chi connectivity index (χ1n) is 7.63.